The van der Waals surface area contributed by atoms with Crippen molar-refractivity contribution in [1.82, 2.24) is 5.32 Å². The van der Waals surface area contributed by atoms with Crippen LogP contribution in [-0.2, 0) is 13.0 Å². The summed E-state index contributed by atoms with van der Waals surface area (Å²) in [5.41, 5.74) is 3.31. The van der Waals surface area contributed by atoms with Gasteiger partial charge in [-0.15, -0.1) is 0 Å². The molecule has 3 N–H and O–H groups in total. The van der Waals surface area contributed by atoms with Gasteiger partial charge in [0.25, 0.3) is 0 Å². The molecule has 1 aliphatic rings. The SMILES string of the molecule is OC(CS)C(O)c1ccc2c(c1)CNCC2. The minimum atomic E-state index is -0.843. The summed E-state index contributed by atoms with van der Waals surface area (Å²) < 4.78 is 0. The molecular formula is C12H17NO2S. The molecule has 4 heteroatoms. The maximum absolute atomic E-state index is 9.87. The molecule has 0 saturated heterocycles. The predicted molar refractivity (Wildman–Crippen MR) is 66.7 cm³/mol. The number of nitrogens with one attached hydrogen (secondary N) is 1. The highest BCUT2D eigenvalue weighted by atomic mass is 32.1. The van der Waals surface area contributed by atoms with E-state index in [2.05, 4.69) is 17.9 Å². The van der Waals surface area contributed by atoms with Crippen molar-refractivity contribution in [3.05, 3.63) is 34.9 Å². The van der Waals surface area contributed by atoms with Crippen LogP contribution in [0, 0.1) is 0 Å². The van der Waals surface area contributed by atoms with Gasteiger partial charge in [-0.1, -0.05) is 18.2 Å². The molecule has 3 nitrogen and oxygen atoms in total. The summed E-state index contributed by atoms with van der Waals surface area (Å²) in [6.45, 7) is 1.85. The van der Waals surface area contributed by atoms with Gasteiger partial charge in [0, 0.05) is 12.3 Å². The van der Waals surface area contributed by atoms with Crippen molar-refractivity contribution in [2.75, 3.05) is 12.3 Å². The Morgan fingerprint density at radius 2 is 2.12 bits per heavy atom. The third kappa shape index (κ3) is 2.40. The lowest BCUT2D eigenvalue weighted by atomic mass is 9.95. The number of thiol groups is 1. The van der Waals surface area contributed by atoms with E-state index in [0.29, 0.717) is 0 Å². The van der Waals surface area contributed by atoms with Gasteiger partial charge in [0.15, 0.2) is 0 Å². The lowest BCUT2D eigenvalue weighted by Gasteiger charge is -2.21. The first-order valence-corrected chi connectivity index (χ1v) is 6.15. The predicted octanol–water partition coefficient (Wildman–Crippen LogP) is 0.656. The molecule has 2 atom stereocenters. The Bertz CT molecular complexity index is 370. The molecule has 16 heavy (non-hydrogen) atoms. The number of rotatable bonds is 3. The lowest BCUT2D eigenvalue weighted by molar-refractivity contribution is 0.0337. The largest absolute Gasteiger partial charge is 0.389 e. The molecule has 2 rings (SSSR count). The van der Waals surface area contributed by atoms with Gasteiger partial charge in [-0.05, 0) is 29.7 Å². The van der Waals surface area contributed by atoms with Crippen molar-refractivity contribution >= 4 is 12.6 Å². The average molecular weight is 239 g/mol. The van der Waals surface area contributed by atoms with E-state index < -0.39 is 12.2 Å². The highest BCUT2D eigenvalue weighted by molar-refractivity contribution is 7.80. The fourth-order valence-electron chi connectivity index (χ4n) is 2.01. The maximum Gasteiger partial charge on any atom is 0.106 e. The fraction of sp³-hybridized carbons (Fsp3) is 0.500. The molecule has 1 aromatic carbocycles. The fourth-order valence-corrected chi connectivity index (χ4v) is 2.21. The van der Waals surface area contributed by atoms with Crippen molar-refractivity contribution in [2.24, 2.45) is 0 Å². The Kier molecular flexibility index (Phi) is 3.86. The van der Waals surface area contributed by atoms with E-state index >= 15 is 0 Å². The Labute approximate surface area is 101 Å². The van der Waals surface area contributed by atoms with Crippen LogP contribution in [0.2, 0.25) is 0 Å². The minimum Gasteiger partial charge on any atom is -0.389 e. The third-order valence-corrected chi connectivity index (χ3v) is 3.38. The van der Waals surface area contributed by atoms with Gasteiger partial charge in [-0.2, -0.15) is 12.6 Å². The van der Waals surface area contributed by atoms with Gasteiger partial charge >= 0.3 is 0 Å². The van der Waals surface area contributed by atoms with Gasteiger partial charge in [0.2, 0.25) is 0 Å². The zero-order valence-electron chi connectivity index (χ0n) is 9.06. The highest BCUT2D eigenvalue weighted by Gasteiger charge is 2.18. The summed E-state index contributed by atoms with van der Waals surface area (Å²) in [4.78, 5) is 0. The molecule has 1 aromatic rings. The summed E-state index contributed by atoms with van der Waals surface area (Å²) in [6.07, 6.45) is -0.622. The van der Waals surface area contributed by atoms with Gasteiger partial charge < -0.3 is 15.5 Å². The Balaban J connectivity index is 2.22. The van der Waals surface area contributed by atoms with Crippen LogP contribution in [0.3, 0.4) is 0 Å². The Morgan fingerprint density at radius 3 is 2.88 bits per heavy atom. The van der Waals surface area contributed by atoms with E-state index in [1.165, 1.54) is 11.1 Å². The van der Waals surface area contributed by atoms with Crippen LogP contribution in [0.5, 0.6) is 0 Å². The number of fused-ring (bicyclic) bond motifs is 1. The van der Waals surface area contributed by atoms with Crippen molar-refractivity contribution in [3.8, 4) is 0 Å². The summed E-state index contributed by atoms with van der Waals surface area (Å²) >= 11 is 3.98. The summed E-state index contributed by atoms with van der Waals surface area (Å²) in [5, 5.41) is 22.7. The zero-order chi connectivity index (χ0) is 11.5. The third-order valence-electron chi connectivity index (χ3n) is 3.01. The van der Waals surface area contributed by atoms with Crippen molar-refractivity contribution in [2.45, 2.75) is 25.2 Å². The molecule has 0 saturated carbocycles. The number of benzene rings is 1. The first-order chi connectivity index (χ1) is 7.72. The van der Waals surface area contributed by atoms with E-state index in [-0.39, 0.29) is 5.75 Å². The van der Waals surface area contributed by atoms with E-state index in [0.717, 1.165) is 25.1 Å². The molecule has 2 unspecified atom stereocenters. The van der Waals surface area contributed by atoms with E-state index in [4.69, 9.17) is 0 Å². The second-order valence-corrected chi connectivity index (χ2v) is 4.51. The summed E-state index contributed by atoms with van der Waals surface area (Å²) in [5.74, 6) is 0.260. The summed E-state index contributed by atoms with van der Waals surface area (Å²) in [6, 6.07) is 5.90. The molecule has 0 spiro atoms. The smallest absolute Gasteiger partial charge is 0.106 e. The normalized spacial score (nSPS) is 18.9. The van der Waals surface area contributed by atoms with Crippen LogP contribution in [0.15, 0.2) is 18.2 Å². The molecule has 1 heterocycles. The first kappa shape index (κ1) is 11.9. The van der Waals surface area contributed by atoms with Crippen LogP contribution < -0.4 is 5.32 Å². The average Bonchev–Trinajstić information content (AvgIpc) is 2.36. The van der Waals surface area contributed by atoms with E-state index in [1.54, 1.807) is 0 Å². The minimum absolute atomic E-state index is 0.260. The van der Waals surface area contributed by atoms with Crippen LogP contribution in [0.1, 0.15) is 22.8 Å². The topological polar surface area (TPSA) is 52.5 Å². The maximum atomic E-state index is 9.87. The lowest BCUT2D eigenvalue weighted by Crippen LogP contribution is -2.25. The molecule has 0 amide bonds. The van der Waals surface area contributed by atoms with Gasteiger partial charge in [0.05, 0.1) is 6.10 Å². The Hall–Kier alpha value is -0.550. The Morgan fingerprint density at radius 1 is 1.31 bits per heavy atom. The zero-order valence-corrected chi connectivity index (χ0v) is 9.95. The van der Waals surface area contributed by atoms with E-state index in [9.17, 15) is 10.2 Å². The second kappa shape index (κ2) is 5.19. The number of aliphatic hydroxyl groups is 2. The van der Waals surface area contributed by atoms with Gasteiger partial charge in [-0.25, -0.2) is 0 Å². The van der Waals surface area contributed by atoms with Crippen LogP contribution >= 0.6 is 12.6 Å². The molecule has 0 bridgehead atoms. The van der Waals surface area contributed by atoms with Crippen molar-refractivity contribution < 1.29 is 10.2 Å². The molecule has 0 aromatic heterocycles. The van der Waals surface area contributed by atoms with E-state index in [1.807, 2.05) is 18.2 Å². The number of hydrogen-bond acceptors (Lipinski definition) is 4. The summed E-state index contributed by atoms with van der Waals surface area (Å²) in [7, 11) is 0. The number of aliphatic hydroxyl groups excluding tert-OH is 2. The monoisotopic (exact) mass is 239 g/mol. The van der Waals surface area contributed by atoms with Crippen molar-refractivity contribution in [3.63, 3.8) is 0 Å². The molecule has 88 valence electrons. The standard InChI is InChI=1S/C12H17NO2S/c14-11(7-16)12(15)9-2-1-8-3-4-13-6-10(8)5-9/h1-2,5,11-16H,3-4,6-7H2. The molecule has 0 radical (unpaired) electrons. The molecule has 0 aliphatic carbocycles. The second-order valence-electron chi connectivity index (χ2n) is 4.15. The van der Waals surface area contributed by atoms with Crippen LogP contribution in [-0.4, -0.2) is 28.6 Å². The molecule has 0 fully saturated rings. The van der Waals surface area contributed by atoms with Crippen LogP contribution in [0.4, 0.5) is 0 Å². The quantitative estimate of drug-likeness (QED) is 0.586. The van der Waals surface area contributed by atoms with Gasteiger partial charge in [-0.3, -0.25) is 0 Å². The molecular weight excluding hydrogens is 222 g/mol. The number of hydrogen-bond donors (Lipinski definition) is 4. The first-order valence-electron chi connectivity index (χ1n) is 5.52. The molecule has 1 aliphatic heterocycles. The van der Waals surface area contributed by atoms with Crippen molar-refractivity contribution in [1.29, 1.82) is 0 Å². The highest BCUT2D eigenvalue weighted by Crippen LogP contribution is 2.22. The van der Waals surface area contributed by atoms with Crippen LogP contribution in [0.25, 0.3) is 0 Å². The van der Waals surface area contributed by atoms with Gasteiger partial charge in [0.1, 0.15) is 6.10 Å².